The Balaban J connectivity index is 1.94. The zero-order valence-electron chi connectivity index (χ0n) is 12.7. The number of benzene rings is 2. The summed E-state index contributed by atoms with van der Waals surface area (Å²) < 4.78 is 5.29. The number of rotatable bonds is 4. The van der Waals surface area contributed by atoms with E-state index in [0.717, 1.165) is 5.75 Å². The van der Waals surface area contributed by atoms with E-state index < -0.39 is 0 Å². The molecule has 3 rings (SSSR count). The second-order valence-corrected chi connectivity index (χ2v) is 5.68. The number of hydrogen-bond donors (Lipinski definition) is 0. The van der Waals surface area contributed by atoms with Gasteiger partial charge in [0.25, 0.3) is 0 Å². The van der Waals surface area contributed by atoms with Crippen LogP contribution in [0.15, 0.2) is 54.6 Å². The van der Waals surface area contributed by atoms with E-state index in [9.17, 15) is 0 Å². The van der Waals surface area contributed by atoms with Crippen LogP contribution >= 0.6 is 0 Å². The minimum absolute atomic E-state index is 0.359. The Morgan fingerprint density at radius 2 is 1.43 bits per heavy atom. The Bertz CT molecular complexity index is 544. The number of hydrogen-bond acceptors (Lipinski definition) is 2. The molecule has 2 heteroatoms. The van der Waals surface area contributed by atoms with Gasteiger partial charge in [-0.3, -0.25) is 4.90 Å². The molecule has 0 aromatic heterocycles. The largest absolute Gasteiger partial charge is 0.497 e. The fourth-order valence-corrected chi connectivity index (χ4v) is 3.21. The molecular formula is C19H23NO. The molecule has 1 atom stereocenters. The quantitative estimate of drug-likeness (QED) is 0.830. The monoisotopic (exact) mass is 281 g/mol. The minimum Gasteiger partial charge on any atom is -0.497 e. The molecule has 1 saturated heterocycles. The van der Waals surface area contributed by atoms with Gasteiger partial charge in [0.15, 0.2) is 0 Å². The van der Waals surface area contributed by atoms with Gasteiger partial charge >= 0.3 is 0 Å². The average molecular weight is 281 g/mol. The van der Waals surface area contributed by atoms with Gasteiger partial charge in [-0.25, -0.2) is 0 Å². The van der Waals surface area contributed by atoms with Gasteiger partial charge in [-0.1, -0.05) is 48.9 Å². The highest BCUT2D eigenvalue weighted by atomic mass is 16.5. The van der Waals surface area contributed by atoms with Crippen molar-refractivity contribution in [3.8, 4) is 5.75 Å². The van der Waals surface area contributed by atoms with E-state index in [1.807, 2.05) is 0 Å². The summed E-state index contributed by atoms with van der Waals surface area (Å²) in [5, 5.41) is 0. The summed E-state index contributed by atoms with van der Waals surface area (Å²) in [6.45, 7) is 2.37. The fourth-order valence-electron chi connectivity index (χ4n) is 3.21. The number of likely N-dealkylation sites (tertiary alicyclic amines) is 1. The van der Waals surface area contributed by atoms with Crippen molar-refractivity contribution in [2.75, 3.05) is 20.2 Å². The van der Waals surface area contributed by atoms with Crippen molar-refractivity contribution in [3.05, 3.63) is 65.7 Å². The lowest BCUT2D eigenvalue weighted by atomic mass is 9.95. The SMILES string of the molecule is COc1ccc([C@@H](c2ccccc2)N2CCCCC2)cc1. The maximum atomic E-state index is 5.29. The van der Waals surface area contributed by atoms with Crippen LogP contribution in [0.3, 0.4) is 0 Å². The molecule has 21 heavy (non-hydrogen) atoms. The zero-order chi connectivity index (χ0) is 14.5. The molecule has 1 fully saturated rings. The summed E-state index contributed by atoms with van der Waals surface area (Å²) in [5.41, 5.74) is 2.73. The molecule has 1 heterocycles. The van der Waals surface area contributed by atoms with Crippen LogP contribution in [-0.2, 0) is 0 Å². The predicted octanol–water partition coefficient (Wildman–Crippen LogP) is 4.27. The summed E-state index contributed by atoms with van der Waals surface area (Å²) in [6, 6.07) is 19.7. The van der Waals surface area contributed by atoms with Crippen molar-refractivity contribution in [1.82, 2.24) is 4.90 Å². The highest BCUT2D eigenvalue weighted by Gasteiger charge is 2.23. The van der Waals surface area contributed by atoms with Crippen LogP contribution in [0.4, 0.5) is 0 Å². The fraction of sp³-hybridized carbons (Fsp3) is 0.368. The van der Waals surface area contributed by atoms with Crippen molar-refractivity contribution in [1.29, 1.82) is 0 Å². The number of methoxy groups -OCH3 is 1. The maximum Gasteiger partial charge on any atom is 0.118 e. The van der Waals surface area contributed by atoms with Crippen LogP contribution in [0.1, 0.15) is 36.4 Å². The highest BCUT2D eigenvalue weighted by Crippen LogP contribution is 2.31. The Hall–Kier alpha value is -1.80. The Labute approximate surface area is 127 Å². The lowest BCUT2D eigenvalue weighted by molar-refractivity contribution is 0.187. The molecule has 0 unspecified atom stereocenters. The molecule has 0 radical (unpaired) electrons. The Morgan fingerprint density at radius 1 is 0.810 bits per heavy atom. The summed E-state index contributed by atoms with van der Waals surface area (Å²) in [6.07, 6.45) is 3.97. The first kappa shape index (κ1) is 14.2. The van der Waals surface area contributed by atoms with Crippen LogP contribution in [-0.4, -0.2) is 25.1 Å². The smallest absolute Gasteiger partial charge is 0.118 e. The van der Waals surface area contributed by atoms with E-state index in [1.165, 1.54) is 43.5 Å². The lowest BCUT2D eigenvalue weighted by Crippen LogP contribution is -2.34. The van der Waals surface area contributed by atoms with Crippen molar-refractivity contribution in [3.63, 3.8) is 0 Å². The molecule has 110 valence electrons. The molecule has 0 amide bonds. The third kappa shape index (κ3) is 3.27. The second kappa shape index (κ2) is 6.77. The Morgan fingerprint density at radius 3 is 2.05 bits per heavy atom. The maximum absolute atomic E-state index is 5.29. The third-order valence-corrected chi connectivity index (χ3v) is 4.30. The minimum atomic E-state index is 0.359. The zero-order valence-corrected chi connectivity index (χ0v) is 12.7. The van der Waals surface area contributed by atoms with Crippen molar-refractivity contribution >= 4 is 0 Å². The van der Waals surface area contributed by atoms with Gasteiger partial charge in [0.05, 0.1) is 13.2 Å². The molecule has 0 saturated carbocycles. The highest BCUT2D eigenvalue weighted by molar-refractivity contribution is 5.35. The molecule has 2 nitrogen and oxygen atoms in total. The molecule has 0 spiro atoms. The second-order valence-electron chi connectivity index (χ2n) is 5.68. The van der Waals surface area contributed by atoms with E-state index in [4.69, 9.17) is 4.74 Å². The van der Waals surface area contributed by atoms with Gasteiger partial charge in [-0.2, -0.15) is 0 Å². The van der Waals surface area contributed by atoms with E-state index >= 15 is 0 Å². The molecule has 1 aliphatic heterocycles. The first-order chi connectivity index (χ1) is 10.4. The van der Waals surface area contributed by atoms with Crippen LogP contribution in [0.2, 0.25) is 0 Å². The number of nitrogens with zero attached hydrogens (tertiary/aromatic N) is 1. The standard InChI is InChI=1S/C19H23NO/c1-21-18-12-10-17(11-13-18)19(16-8-4-2-5-9-16)20-14-6-3-7-15-20/h2,4-5,8-13,19H,3,6-7,14-15H2,1H3/t19-/m1/s1. The van der Waals surface area contributed by atoms with E-state index in [-0.39, 0.29) is 0 Å². The molecule has 0 aliphatic carbocycles. The van der Waals surface area contributed by atoms with Crippen molar-refractivity contribution in [2.24, 2.45) is 0 Å². The van der Waals surface area contributed by atoms with Gasteiger partial charge in [-0.15, -0.1) is 0 Å². The topological polar surface area (TPSA) is 12.5 Å². The third-order valence-electron chi connectivity index (χ3n) is 4.30. The first-order valence-electron chi connectivity index (χ1n) is 7.81. The summed E-state index contributed by atoms with van der Waals surface area (Å²) in [4.78, 5) is 2.61. The van der Waals surface area contributed by atoms with E-state index in [1.54, 1.807) is 7.11 Å². The van der Waals surface area contributed by atoms with Gasteiger partial charge < -0.3 is 4.74 Å². The number of piperidine rings is 1. The van der Waals surface area contributed by atoms with Crippen LogP contribution in [0, 0.1) is 0 Å². The van der Waals surface area contributed by atoms with Gasteiger partial charge in [0.1, 0.15) is 5.75 Å². The van der Waals surface area contributed by atoms with Gasteiger partial charge in [0, 0.05) is 0 Å². The van der Waals surface area contributed by atoms with E-state index in [0.29, 0.717) is 6.04 Å². The van der Waals surface area contributed by atoms with Crippen LogP contribution < -0.4 is 4.74 Å². The van der Waals surface area contributed by atoms with Crippen molar-refractivity contribution in [2.45, 2.75) is 25.3 Å². The molecule has 1 aliphatic rings. The molecular weight excluding hydrogens is 258 g/mol. The van der Waals surface area contributed by atoms with Crippen LogP contribution in [0.25, 0.3) is 0 Å². The van der Waals surface area contributed by atoms with Gasteiger partial charge in [0.2, 0.25) is 0 Å². The number of ether oxygens (including phenoxy) is 1. The molecule has 2 aromatic rings. The molecule has 2 aromatic carbocycles. The van der Waals surface area contributed by atoms with E-state index in [2.05, 4.69) is 59.5 Å². The average Bonchev–Trinajstić information content (AvgIpc) is 2.58. The molecule has 0 bridgehead atoms. The summed E-state index contributed by atoms with van der Waals surface area (Å²) in [5.74, 6) is 0.921. The van der Waals surface area contributed by atoms with Crippen molar-refractivity contribution < 1.29 is 4.74 Å². The Kier molecular flexibility index (Phi) is 4.56. The predicted molar refractivity (Wildman–Crippen MR) is 86.7 cm³/mol. The first-order valence-corrected chi connectivity index (χ1v) is 7.81. The normalized spacial score (nSPS) is 17.4. The van der Waals surface area contributed by atoms with Crippen LogP contribution in [0.5, 0.6) is 5.75 Å². The molecule has 0 N–H and O–H groups in total. The summed E-state index contributed by atoms with van der Waals surface area (Å²) >= 11 is 0. The van der Waals surface area contributed by atoms with Gasteiger partial charge in [-0.05, 0) is 49.2 Å². The lowest BCUT2D eigenvalue weighted by Gasteiger charge is -2.35. The summed E-state index contributed by atoms with van der Waals surface area (Å²) in [7, 11) is 1.72.